The molecule has 0 aromatic heterocycles. The van der Waals surface area contributed by atoms with Crippen molar-refractivity contribution in [3.8, 4) is 0 Å². The van der Waals surface area contributed by atoms with Gasteiger partial charge in [-0.05, 0) is 36.1 Å². The number of aliphatic carboxylic acids is 1. The zero-order chi connectivity index (χ0) is 10.8. The van der Waals surface area contributed by atoms with Crippen LogP contribution in [0.1, 0.15) is 24.0 Å². The lowest BCUT2D eigenvalue weighted by Gasteiger charge is -1.99. The van der Waals surface area contributed by atoms with Crippen LogP contribution in [0.5, 0.6) is 0 Å². The highest BCUT2D eigenvalue weighted by Gasteiger charge is 2.13. The number of halogens is 1. The topological polar surface area (TPSA) is 37.3 Å². The van der Waals surface area contributed by atoms with Crippen molar-refractivity contribution in [1.82, 2.24) is 0 Å². The van der Waals surface area contributed by atoms with E-state index < -0.39 is 5.97 Å². The first kappa shape index (κ1) is 10.4. The minimum absolute atomic E-state index is 0.223. The van der Waals surface area contributed by atoms with Crippen molar-refractivity contribution in [3.05, 3.63) is 39.4 Å². The SMILES string of the molecule is O=C(O)CCC1=Cc2cc(Br)ccc2C1. The molecular formula is C12H11BrO2. The molecule has 3 heteroatoms. The van der Waals surface area contributed by atoms with Crippen LogP contribution in [0.4, 0.5) is 0 Å². The number of carboxylic acid groups (broad SMARTS) is 1. The Kier molecular flexibility index (Phi) is 2.91. The molecule has 2 rings (SSSR count). The van der Waals surface area contributed by atoms with Crippen LogP contribution in [0.15, 0.2) is 28.2 Å². The van der Waals surface area contributed by atoms with E-state index in [2.05, 4.69) is 34.1 Å². The van der Waals surface area contributed by atoms with Gasteiger partial charge in [-0.3, -0.25) is 4.79 Å². The molecule has 0 radical (unpaired) electrons. The lowest BCUT2D eigenvalue weighted by molar-refractivity contribution is -0.136. The molecule has 1 N–H and O–H groups in total. The van der Waals surface area contributed by atoms with Crippen molar-refractivity contribution in [2.45, 2.75) is 19.3 Å². The number of carboxylic acids is 1. The van der Waals surface area contributed by atoms with E-state index in [-0.39, 0.29) is 6.42 Å². The number of rotatable bonds is 3. The maximum Gasteiger partial charge on any atom is 0.303 e. The van der Waals surface area contributed by atoms with Crippen LogP contribution in [-0.2, 0) is 11.2 Å². The van der Waals surface area contributed by atoms with Crippen LogP contribution in [0, 0.1) is 0 Å². The predicted octanol–water partition coefficient (Wildman–Crippen LogP) is 3.25. The molecule has 0 saturated carbocycles. The molecule has 1 aromatic rings. The second-order valence-corrected chi connectivity index (χ2v) is 4.63. The smallest absolute Gasteiger partial charge is 0.303 e. The quantitative estimate of drug-likeness (QED) is 0.912. The average molecular weight is 267 g/mol. The number of hydrogen-bond donors (Lipinski definition) is 1. The first-order valence-electron chi connectivity index (χ1n) is 4.85. The maximum atomic E-state index is 10.4. The van der Waals surface area contributed by atoms with Crippen molar-refractivity contribution >= 4 is 28.0 Å². The fourth-order valence-electron chi connectivity index (χ4n) is 1.80. The number of allylic oxidation sites excluding steroid dienone is 1. The molecule has 0 bridgehead atoms. The van der Waals surface area contributed by atoms with Gasteiger partial charge in [0.15, 0.2) is 0 Å². The second kappa shape index (κ2) is 4.19. The summed E-state index contributed by atoms with van der Waals surface area (Å²) < 4.78 is 1.07. The van der Waals surface area contributed by atoms with Gasteiger partial charge in [0.25, 0.3) is 0 Å². The fourth-order valence-corrected chi connectivity index (χ4v) is 2.18. The molecule has 0 heterocycles. The van der Waals surface area contributed by atoms with E-state index in [1.165, 1.54) is 16.7 Å². The molecule has 1 aromatic carbocycles. The highest BCUT2D eigenvalue weighted by Crippen LogP contribution is 2.29. The van der Waals surface area contributed by atoms with E-state index >= 15 is 0 Å². The number of benzene rings is 1. The van der Waals surface area contributed by atoms with E-state index in [1.807, 2.05) is 6.07 Å². The Morgan fingerprint density at radius 1 is 1.47 bits per heavy atom. The zero-order valence-corrected chi connectivity index (χ0v) is 9.75. The van der Waals surface area contributed by atoms with Crippen LogP contribution >= 0.6 is 15.9 Å². The summed E-state index contributed by atoms with van der Waals surface area (Å²) in [7, 11) is 0. The Morgan fingerprint density at radius 3 is 3.00 bits per heavy atom. The Bertz CT molecular complexity index is 435. The van der Waals surface area contributed by atoms with E-state index in [0.29, 0.717) is 6.42 Å². The van der Waals surface area contributed by atoms with Gasteiger partial charge in [0.05, 0.1) is 0 Å². The normalized spacial score (nSPS) is 13.5. The summed E-state index contributed by atoms with van der Waals surface area (Å²) in [5.74, 6) is -0.729. The van der Waals surface area contributed by atoms with Crippen LogP contribution in [0.3, 0.4) is 0 Å². The molecule has 15 heavy (non-hydrogen) atoms. The Morgan fingerprint density at radius 2 is 2.27 bits per heavy atom. The molecule has 0 amide bonds. The molecular weight excluding hydrogens is 256 g/mol. The van der Waals surface area contributed by atoms with Gasteiger partial charge in [0.1, 0.15) is 0 Å². The number of fused-ring (bicyclic) bond motifs is 1. The summed E-state index contributed by atoms with van der Waals surface area (Å²) in [4.78, 5) is 10.4. The van der Waals surface area contributed by atoms with E-state index in [0.717, 1.165) is 10.9 Å². The molecule has 1 aliphatic rings. The average Bonchev–Trinajstić information content (AvgIpc) is 2.56. The van der Waals surface area contributed by atoms with Gasteiger partial charge in [0.2, 0.25) is 0 Å². The number of carbonyl (C=O) groups is 1. The van der Waals surface area contributed by atoms with Gasteiger partial charge in [-0.25, -0.2) is 0 Å². The molecule has 0 fully saturated rings. The lowest BCUT2D eigenvalue weighted by Crippen LogP contribution is -1.95. The van der Waals surface area contributed by atoms with Gasteiger partial charge in [-0.2, -0.15) is 0 Å². The Balaban J connectivity index is 2.10. The minimum Gasteiger partial charge on any atom is -0.481 e. The highest BCUT2D eigenvalue weighted by molar-refractivity contribution is 9.10. The molecule has 0 aliphatic heterocycles. The van der Waals surface area contributed by atoms with E-state index in [1.54, 1.807) is 0 Å². The summed E-state index contributed by atoms with van der Waals surface area (Å²) in [5, 5.41) is 8.60. The largest absolute Gasteiger partial charge is 0.481 e. The maximum absolute atomic E-state index is 10.4. The van der Waals surface area contributed by atoms with Crippen molar-refractivity contribution in [1.29, 1.82) is 0 Å². The molecule has 2 nitrogen and oxygen atoms in total. The zero-order valence-electron chi connectivity index (χ0n) is 8.16. The van der Waals surface area contributed by atoms with Crippen LogP contribution in [0.2, 0.25) is 0 Å². The first-order valence-corrected chi connectivity index (χ1v) is 5.64. The van der Waals surface area contributed by atoms with E-state index in [4.69, 9.17) is 5.11 Å². The molecule has 0 saturated heterocycles. The van der Waals surface area contributed by atoms with Gasteiger partial charge >= 0.3 is 5.97 Å². The second-order valence-electron chi connectivity index (χ2n) is 3.72. The standard InChI is InChI=1S/C12H11BrO2/c13-11-3-2-9-5-8(1-4-12(14)15)6-10(9)7-11/h2-3,6-7H,1,4-5H2,(H,14,15). The van der Waals surface area contributed by atoms with Gasteiger partial charge in [-0.1, -0.05) is 33.6 Å². The van der Waals surface area contributed by atoms with Crippen molar-refractivity contribution in [3.63, 3.8) is 0 Å². The third-order valence-electron chi connectivity index (χ3n) is 2.55. The van der Waals surface area contributed by atoms with Gasteiger partial charge in [0, 0.05) is 10.9 Å². The van der Waals surface area contributed by atoms with Crippen molar-refractivity contribution < 1.29 is 9.90 Å². The van der Waals surface area contributed by atoms with Gasteiger partial charge in [-0.15, -0.1) is 0 Å². The summed E-state index contributed by atoms with van der Waals surface area (Å²) in [5.41, 5.74) is 3.72. The fraction of sp³-hybridized carbons (Fsp3) is 0.250. The summed E-state index contributed by atoms with van der Waals surface area (Å²) >= 11 is 3.42. The highest BCUT2D eigenvalue weighted by atomic mass is 79.9. The molecule has 0 unspecified atom stereocenters. The summed E-state index contributed by atoms with van der Waals surface area (Å²) in [6, 6.07) is 6.18. The number of hydrogen-bond acceptors (Lipinski definition) is 1. The van der Waals surface area contributed by atoms with E-state index in [9.17, 15) is 4.79 Å². The molecule has 78 valence electrons. The Hall–Kier alpha value is -1.09. The third kappa shape index (κ3) is 2.48. The van der Waals surface area contributed by atoms with Crippen molar-refractivity contribution in [2.24, 2.45) is 0 Å². The molecule has 0 atom stereocenters. The third-order valence-corrected chi connectivity index (χ3v) is 3.04. The van der Waals surface area contributed by atoms with Crippen molar-refractivity contribution in [2.75, 3.05) is 0 Å². The van der Waals surface area contributed by atoms with Gasteiger partial charge < -0.3 is 5.11 Å². The summed E-state index contributed by atoms with van der Waals surface area (Å²) in [6.45, 7) is 0. The summed E-state index contributed by atoms with van der Waals surface area (Å²) in [6.07, 6.45) is 3.88. The predicted molar refractivity (Wildman–Crippen MR) is 62.7 cm³/mol. The van der Waals surface area contributed by atoms with Crippen LogP contribution in [0.25, 0.3) is 6.08 Å². The van der Waals surface area contributed by atoms with Crippen LogP contribution in [-0.4, -0.2) is 11.1 Å². The van der Waals surface area contributed by atoms with Crippen LogP contribution < -0.4 is 0 Å². The monoisotopic (exact) mass is 266 g/mol. The minimum atomic E-state index is -0.729. The lowest BCUT2D eigenvalue weighted by atomic mass is 10.1. The first-order chi connectivity index (χ1) is 7.15. The Labute approximate surface area is 96.7 Å². The molecule has 1 aliphatic carbocycles. The molecule has 0 spiro atoms.